The third-order valence-electron chi connectivity index (χ3n) is 2.54. The first kappa shape index (κ1) is 10.2. The first-order valence-electron chi connectivity index (χ1n) is 4.52. The van der Waals surface area contributed by atoms with Gasteiger partial charge < -0.3 is 5.73 Å². The van der Waals surface area contributed by atoms with E-state index in [0.717, 1.165) is 6.42 Å². The first-order valence-corrected chi connectivity index (χ1v) is 6.50. The Kier molecular flexibility index (Phi) is 2.68. The Bertz CT molecular complexity index is 350. The van der Waals surface area contributed by atoms with Crippen molar-refractivity contribution >= 4 is 28.8 Å². The topological polar surface area (TPSA) is 67.5 Å². The van der Waals surface area contributed by atoms with Crippen molar-refractivity contribution in [3.05, 3.63) is 10.5 Å². The third-order valence-corrected chi connectivity index (χ3v) is 4.78. The van der Waals surface area contributed by atoms with Gasteiger partial charge in [-0.25, -0.2) is 8.93 Å². The molecule has 2 heterocycles. The van der Waals surface area contributed by atoms with Crippen LogP contribution < -0.4 is 10.5 Å². The number of fused-ring (bicyclic) bond motifs is 1. The van der Waals surface area contributed by atoms with Crippen molar-refractivity contribution in [3.8, 4) is 0 Å². The molecule has 0 aromatic rings. The second-order valence-corrected chi connectivity index (χ2v) is 5.61. The van der Waals surface area contributed by atoms with Crippen molar-refractivity contribution in [2.24, 2.45) is 16.0 Å². The highest BCUT2D eigenvalue weighted by Gasteiger charge is 2.39. The second-order valence-electron chi connectivity index (χ2n) is 3.33. The molecule has 3 atom stereocenters. The van der Waals surface area contributed by atoms with Crippen molar-refractivity contribution in [1.29, 1.82) is 0 Å². The quantitative estimate of drug-likeness (QED) is 0.704. The summed E-state index contributed by atoms with van der Waals surface area (Å²) in [6.07, 6.45) is 0.977. The average Bonchev–Trinajstić information content (AvgIpc) is 2.40. The predicted molar refractivity (Wildman–Crippen MR) is 60.8 cm³/mol. The molecule has 0 radical (unpaired) electrons. The average molecular weight is 231 g/mol. The molecule has 0 amide bonds. The summed E-state index contributed by atoms with van der Waals surface area (Å²) in [7, 11) is 0. The maximum atomic E-state index is 11.2. The second kappa shape index (κ2) is 3.67. The molecule has 0 aromatic heterocycles. The van der Waals surface area contributed by atoms with Crippen molar-refractivity contribution < 1.29 is 4.21 Å². The van der Waals surface area contributed by atoms with Crippen LogP contribution in [0, 0.1) is 5.92 Å². The van der Waals surface area contributed by atoms with Gasteiger partial charge in [-0.3, -0.25) is 0 Å². The Morgan fingerprint density at radius 2 is 2.43 bits per heavy atom. The fourth-order valence-electron chi connectivity index (χ4n) is 1.91. The van der Waals surface area contributed by atoms with Crippen molar-refractivity contribution in [1.82, 2.24) is 4.72 Å². The van der Waals surface area contributed by atoms with E-state index in [4.69, 9.17) is 5.73 Å². The Balaban J connectivity index is 2.36. The molecule has 2 aliphatic rings. The van der Waals surface area contributed by atoms with E-state index in [1.807, 2.05) is 0 Å². The number of amidine groups is 1. The number of nitrogens with zero attached hydrogens (tertiary/aromatic N) is 1. The lowest BCUT2D eigenvalue weighted by Gasteiger charge is -2.24. The number of hydrogen-bond acceptors (Lipinski definition) is 3. The lowest BCUT2D eigenvalue weighted by Crippen LogP contribution is -2.44. The standard InChI is InChI=1S/C8H13N3OS2/c1-3-5-4(2)13-8-6(5)7(9)10-14(12)11-8/h6,8,11H,3H2,1-2H3,(H2,9,10). The lowest BCUT2D eigenvalue weighted by molar-refractivity contribution is 0.639. The Morgan fingerprint density at radius 3 is 3.07 bits per heavy atom. The number of nitrogens with one attached hydrogen (secondary N) is 1. The van der Waals surface area contributed by atoms with E-state index < -0.39 is 11.2 Å². The highest BCUT2D eigenvalue weighted by molar-refractivity contribution is 8.04. The van der Waals surface area contributed by atoms with Gasteiger partial charge in [0.15, 0.2) is 0 Å². The van der Waals surface area contributed by atoms with E-state index in [0.29, 0.717) is 5.84 Å². The number of hydrogen-bond donors (Lipinski definition) is 2. The van der Waals surface area contributed by atoms with Gasteiger partial charge in [0.05, 0.1) is 11.3 Å². The Morgan fingerprint density at radius 1 is 1.71 bits per heavy atom. The summed E-state index contributed by atoms with van der Waals surface area (Å²) in [4.78, 5) is 1.28. The van der Waals surface area contributed by atoms with Gasteiger partial charge in [-0.2, -0.15) is 4.40 Å². The minimum absolute atomic E-state index is 0.114. The predicted octanol–water partition coefficient (Wildman–Crippen LogP) is 0.899. The van der Waals surface area contributed by atoms with E-state index in [2.05, 4.69) is 23.0 Å². The van der Waals surface area contributed by atoms with Gasteiger partial charge in [-0.1, -0.05) is 6.92 Å². The lowest BCUT2D eigenvalue weighted by atomic mass is 9.96. The van der Waals surface area contributed by atoms with E-state index in [1.54, 1.807) is 11.8 Å². The van der Waals surface area contributed by atoms with Crippen LogP contribution in [0.4, 0.5) is 0 Å². The number of allylic oxidation sites excluding steroid dienone is 1. The summed E-state index contributed by atoms with van der Waals surface area (Å²) in [5.74, 6) is 0.649. The van der Waals surface area contributed by atoms with Crippen LogP contribution in [0.3, 0.4) is 0 Å². The summed E-state index contributed by atoms with van der Waals surface area (Å²) >= 11 is 0.357. The fourth-order valence-corrected chi connectivity index (χ4v) is 4.28. The van der Waals surface area contributed by atoms with Gasteiger partial charge in [0.2, 0.25) is 11.2 Å². The van der Waals surface area contributed by atoms with Crippen LogP contribution in [0.2, 0.25) is 0 Å². The fraction of sp³-hybridized carbons (Fsp3) is 0.625. The zero-order valence-electron chi connectivity index (χ0n) is 8.11. The molecule has 2 rings (SSSR count). The smallest absolute Gasteiger partial charge is 0.218 e. The van der Waals surface area contributed by atoms with Crippen LogP contribution in [0.25, 0.3) is 0 Å². The van der Waals surface area contributed by atoms with E-state index >= 15 is 0 Å². The summed E-state index contributed by atoms with van der Waals surface area (Å²) < 4.78 is 18.0. The molecule has 6 heteroatoms. The van der Waals surface area contributed by atoms with Crippen LogP contribution in [0.15, 0.2) is 14.9 Å². The Labute approximate surface area is 90.1 Å². The molecule has 78 valence electrons. The molecule has 0 aromatic carbocycles. The molecule has 0 fully saturated rings. The van der Waals surface area contributed by atoms with Crippen LogP contribution >= 0.6 is 11.8 Å². The molecule has 0 aliphatic carbocycles. The van der Waals surface area contributed by atoms with Gasteiger partial charge in [0.25, 0.3) is 0 Å². The summed E-state index contributed by atoms with van der Waals surface area (Å²) in [6, 6.07) is 0. The molecule has 0 saturated carbocycles. The van der Waals surface area contributed by atoms with Crippen LogP contribution in [0.1, 0.15) is 20.3 Å². The maximum Gasteiger partial charge on any atom is 0.218 e. The van der Waals surface area contributed by atoms with Gasteiger partial charge >= 0.3 is 0 Å². The van der Waals surface area contributed by atoms with Crippen LogP contribution in [0.5, 0.6) is 0 Å². The van der Waals surface area contributed by atoms with Crippen molar-refractivity contribution in [2.45, 2.75) is 25.6 Å². The number of thioether (sulfide) groups is 1. The van der Waals surface area contributed by atoms with E-state index in [1.165, 1.54) is 10.5 Å². The minimum atomic E-state index is -1.35. The van der Waals surface area contributed by atoms with E-state index in [-0.39, 0.29) is 11.3 Å². The monoisotopic (exact) mass is 231 g/mol. The van der Waals surface area contributed by atoms with Crippen LogP contribution in [-0.4, -0.2) is 15.4 Å². The van der Waals surface area contributed by atoms with Gasteiger partial charge in [0, 0.05) is 0 Å². The summed E-state index contributed by atoms with van der Waals surface area (Å²) in [5.41, 5.74) is 7.13. The highest BCUT2D eigenvalue weighted by atomic mass is 32.2. The zero-order chi connectivity index (χ0) is 10.3. The number of rotatable bonds is 1. The molecular weight excluding hydrogens is 218 g/mol. The molecule has 0 spiro atoms. The molecular formula is C8H13N3OS2. The normalized spacial score (nSPS) is 37.0. The summed E-state index contributed by atoms with van der Waals surface area (Å²) in [5, 5.41) is 0.114. The third kappa shape index (κ3) is 1.51. The largest absolute Gasteiger partial charge is 0.386 e. The van der Waals surface area contributed by atoms with Crippen molar-refractivity contribution in [2.75, 3.05) is 0 Å². The SMILES string of the molecule is CCC1=C(C)SC2NS(=O)N=C(N)C12. The first-order chi connectivity index (χ1) is 6.63. The van der Waals surface area contributed by atoms with Gasteiger partial charge in [-0.05, 0) is 23.8 Å². The minimum Gasteiger partial charge on any atom is -0.386 e. The van der Waals surface area contributed by atoms with Gasteiger partial charge in [0.1, 0.15) is 5.84 Å². The molecule has 14 heavy (non-hydrogen) atoms. The van der Waals surface area contributed by atoms with E-state index in [9.17, 15) is 4.21 Å². The number of nitrogens with two attached hydrogens (primary N) is 1. The van der Waals surface area contributed by atoms with Crippen molar-refractivity contribution in [3.63, 3.8) is 0 Å². The highest BCUT2D eigenvalue weighted by Crippen LogP contribution is 2.43. The molecule has 3 unspecified atom stereocenters. The maximum absolute atomic E-state index is 11.2. The zero-order valence-corrected chi connectivity index (χ0v) is 9.74. The molecule has 0 bridgehead atoms. The van der Waals surface area contributed by atoms with Crippen LogP contribution in [-0.2, 0) is 11.2 Å². The molecule has 0 saturated heterocycles. The molecule has 2 aliphatic heterocycles. The molecule has 3 N–H and O–H groups in total. The van der Waals surface area contributed by atoms with Gasteiger partial charge in [-0.15, -0.1) is 11.8 Å². The molecule has 4 nitrogen and oxygen atoms in total. The Hall–Kier alpha value is -0.330. The summed E-state index contributed by atoms with van der Waals surface area (Å²) in [6.45, 7) is 4.19.